The molecule has 0 radical (unpaired) electrons. The molecule has 2 heterocycles. The van der Waals surface area contributed by atoms with E-state index in [1.807, 2.05) is 30.3 Å². The fourth-order valence-electron chi connectivity index (χ4n) is 3.00. The molecule has 1 aromatic carbocycles. The first-order valence-corrected chi connectivity index (χ1v) is 10.4. The highest BCUT2D eigenvalue weighted by Crippen LogP contribution is 2.22. The van der Waals surface area contributed by atoms with Gasteiger partial charge in [-0.25, -0.2) is 4.79 Å². The Bertz CT molecular complexity index is 889. The van der Waals surface area contributed by atoms with Crippen LogP contribution in [0.2, 0.25) is 4.34 Å². The Kier molecular flexibility index (Phi) is 7.43. The summed E-state index contributed by atoms with van der Waals surface area (Å²) in [6.07, 6.45) is 4.03. The Labute approximate surface area is 178 Å². The Hall–Kier alpha value is -2.64. The molecule has 0 spiro atoms. The molecule has 0 unspecified atom stereocenters. The Balaban J connectivity index is 1.38. The second kappa shape index (κ2) is 10.2. The lowest BCUT2D eigenvalue weighted by molar-refractivity contribution is -0.149. The van der Waals surface area contributed by atoms with E-state index in [1.54, 1.807) is 23.1 Å². The molecule has 2 amide bonds. The summed E-state index contributed by atoms with van der Waals surface area (Å²) in [5.41, 5.74) is 0.765. The lowest BCUT2D eigenvalue weighted by Crippen LogP contribution is -2.43. The van der Waals surface area contributed by atoms with E-state index in [0.29, 0.717) is 30.3 Å². The number of hydrogen-bond donors (Lipinski definition) is 1. The van der Waals surface area contributed by atoms with Crippen molar-refractivity contribution in [1.29, 1.82) is 0 Å². The zero-order valence-electron chi connectivity index (χ0n) is 15.7. The Morgan fingerprint density at radius 1 is 1.14 bits per heavy atom. The van der Waals surface area contributed by atoms with Gasteiger partial charge in [0, 0.05) is 35.6 Å². The first-order valence-electron chi connectivity index (χ1n) is 9.25. The van der Waals surface area contributed by atoms with E-state index in [9.17, 15) is 14.4 Å². The van der Waals surface area contributed by atoms with Gasteiger partial charge in [-0.1, -0.05) is 29.8 Å². The van der Waals surface area contributed by atoms with E-state index >= 15 is 0 Å². The molecule has 152 valence electrons. The van der Waals surface area contributed by atoms with Crippen LogP contribution in [0.1, 0.15) is 17.7 Å². The van der Waals surface area contributed by atoms with Gasteiger partial charge < -0.3 is 15.0 Å². The van der Waals surface area contributed by atoms with Gasteiger partial charge in [0.25, 0.3) is 5.91 Å². The average Bonchev–Trinajstić information content (AvgIpc) is 3.16. The van der Waals surface area contributed by atoms with Crippen LogP contribution in [0.5, 0.6) is 0 Å². The third-order valence-electron chi connectivity index (χ3n) is 4.58. The van der Waals surface area contributed by atoms with Crippen molar-refractivity contribution in [2.75, 3.05) is 25.0 Å². The van der Waals surface area contributed by atoms with Gasteiger partial charge in [0.05, 0.1) is 4.34 Å². The first-order chi connectivity index (χ1) is 14.0. The van der Waals surface area contributed by atoms with Crippen molar-refractivity contribution in [1.82, 2.24) is 4.90 Å². The number of likely N-dealkylation sites (tertiary alicyclic amines) is 1. The molecular formula is C21H21ClN2O4S. The molecule has 1 aliphatic heterocycles. The number of nitrogens with one attached hydrogen (secondary N) is 1. The Morgan fingerprint density at radius 2 is 1.86 bits per heavy atom. The highest BCUT2D eigenvalue weighted by molar-refractivity contribution is 7.17. The fraction of sp³-hybridized carbons (Fsp3) is 0.286. The van der Waals surface area contributed by atoms with E-state index < -0.39 is 5.97 Å². The van der Waals surface area contributed by atoms with E-state index in [2.05, 4.69) is 5.32 Å². The van der Waals surface area contributed by atoms with Crippen LogP contribution >= 0.6 is 22.9 Å². The number of halogens is 1. The predicted molar refractivity (Wildman–Crippen MR) is 114 cm³/mol. The van der Waals surface area contributed by atoms with Crippen molar-refractivity contribution in [2.45, 2.75) is 12.8 Å². The predicted octanol–water partition coefficient (Wildman–Crippen LogP) is 3.84. The molecule has 1 N–H and O–H groups in total. The number of rotatable bonds is 6. The summed E-state index contributed by atoms with van der Waals surface area (Å²) in [4.78, 5) is 38.8. The van der Waals surface area contributed by atoms with Crippen LogP contribution in [-0.2, 0) is 19.1 Å². The maximum absolute atomic E-state index is 12.4. The van der Waals surface area contributed by atoms with E-state index in [-0.39, 0.29) is 24.3 Å². The monoisotopic (exact) mass is 432 g/mol. The summed E-state index contributed by atoms with van der Waals surface area (Å²) in [5.74, 6) is -1.01. The number of thiophene rings is 1. The maximum Gasteiger partial charge on any atom is 0.331 e. The number of amides is 2. The van der Waals surface area contributed by atoms with Gasteiger partial charge in [-0.05, 0) is 43.2 Å². The topological polar surface area (TPSA) is 75.7 Å². The van der Waals surface area contributed by atoms with Gasteiger partial charge in [-0.2, -0.15) is 0 Å². The summed E-state index contributed by atoms with van der Waals surface area (Å²) in [7, 11) is 0. The molecule has 0 bridgehead atoms. The van der Waals surface area contributed by atoms with Crippen molar-refractivity contribution in [3.05, 3.63) is 57.8 Å². The number of nitrogens with zero attached hydrogens (tertiary/aromatic N) is 1. The third kappa shape index (κ3) is 6.44. The smallest absolute Gasteiger partial charge is 0.331 e. The quantitative estimate of drug-likeness (QED) is 0.556. The number of anilines is 1. The fourth-order valence-corrected chi connectivity index (χ4v) is 3.96. The molecular weight excluding hydrogens is 412 g/mol. The molecule has 1 fully saturated rings. The van der Waals surface area contributed by atoms with Crippen molar-refractivity contribution < 1.29 is 19.1 Å². The lowest BCUT2D eigenvalue weighted by atomic mass is 9.95. The molecule has 1 aliphatic rings. The van der Waals surface area contributed by atoms with Crippen molar-refractivity contribution >= 4 is 52.5 Å². The van der Waals surface area contributed by atoms with Crippen LogP contribution in [0.3, 0.4) is 0 Å². The van der Waals surface area contributed by atoms with Crippen LogP contribution in [0, 0.1) is 5.92 Å². The summed E-state index contributed by atoms with van der Waals surface area (Å²) >= 11 is 7.17. The molecule has 0 aliphatic carbocycles. The van der Waals surface area contributed by atoms with Crippen LogP contribution in [0.4, 0.5) is 5.69 Å². The molecule has 29 heavy (non-hydrogen) atoms. The maximum atomic E-state index is 12.4. The number of esters is 1. The van der Waals surface area contributed by atoms with Gasteiger partial charge in [0.15, 0.2) is 6.61 Å². The zero-order chi connectivity index (χ0) is 20.6. The second-order valence-corrected chi connectivity index (χ2v) is 8.34. The summed E-state index contributed by atoms with van der Waals surface area (Å²) in [6, 6.07) is 12.8. The van der Waals surface area contributed by atoms with Gasteiger partial charge in [0.2, 0.25) is 5.91 Å². The molecule has 1 aromatic heterocycles. The number of hydrogen-bond acceptors (Lipinski definition) is 5. The average molecular weight is 433 g/mol. The number of carbonyl (C=O) groups is 3. The minimum Gasteiger partial charge on any atom is -0.452 e. The highest BCUT2D eigenvalue weighted by atomic mass is 35.5. The number of benzene rings is 1. The number of para-hydroxylation sites is 1. The molecule has 0 atom stereocenters. The minimum atomic E-state index is -0.583. The number of ether oxygens (including phenoxy) is 1. The van der Waals surface area contributed by atoms with Crippen molar-refractivity contribution in [3.63, 3.8) is 0 Å². The van der Waals surface area contributed by atoms with E-state index in [4.69, 9.17) is 16.3 Å². The van der Waals surface area contributed by atoms with Crippen molar-refractivity contribution in [2.24, 2.45) is 5.92 Å². The first kappa shape index (κ1) is 21.1. The van der Waals surface area contributed by atoms with E-state index in [0.717, 1.165) is 10.6 Å². The van der Waals surface area contributed by atoms with E-state index in [1.165, 1.54) is 17.4 Å². The lowest BCUT2D eigenvalue weighted by Gasteiger charge is -2.31. The summed E-state index contributed by atoms with van der Waals surface area (Å²) in [6.45, 7) is 0.620. The largest absolute Gasteiger partial charge is 0.452 e. The van der Waals surface area contributed by atoms with Crippen LogP contribution < -0.4 is 5.32 Å². The molecule has 0 saturated carbocycles. The SMILES string of the molecule is O=C(/C=C\c1ccc(Cl)s1)OCC(=O)N1CCC(C(=O)Nc2ccccc2)CC1. The van der Waals surface area contributed by atoms with Gasteiger partial charge in [0.1, 0.15) is 0 Å². The normalized spacial score (nSPS) is 14.7. The molecule has 2 aromatic rings. The summed E-state index contributed by atoms with van der Waals surface area (Å²) < 4.78 is 5.65. The molecule has 3 rings (SSSR count). The van der Waals surface area contributed by atoms with Crippen LogP contribution in [0.25, 0.3) is 6.08 Å². The Morgan fingerprint density at radius 3 is 2.52 bits per heavy atom. The summed E-state index contributed by atoms with van der Waals surface area (Å²) in [5, 5.41) is 2.90. The third-order valence-corrected chi connectivity index (χ3v) is 5.77. The minimum absolute atomic E-state index is 0.0338. The molecule has 1 saturated heterocycles. The zero-order valence-corrected chi connectivity index (χ0v) is 17.2. The van der Waals surface area contributed by atoms with Crippen molar-refractivity contribution in [3.8, 4) is 0 Å². The highest BCUT2D eigenvalue weighted by Gasteiger charge is 2.27. The van der Waals surface area contributed by atoms with Gasteiger partial charge in [-0.15, -0.1) is 11.3 Å². The number of piperidine rings is 1. The molecule has 6 nitrogen and oxygen atoms in total. The van der Waals surface area contributed by atoms with Crippen LogP contribution in [0.15, 0.2) is 48.5 Å². The standard InChI is InChI=1S/C21H21ClN2O4S/c22-18-8-6-17(29-18)7-9-20(26)28-14-19(25)24-12-10-15(11-13-24)21(27)23-16-4-2-1-3-5-16/h1-9,15H,10-14H2,(H,23,27)/b9-7-. The second-order valence-electron chi connectivity index (χ2n) is 6.59. The van der Waals surface area contributed by atoms with Crippen LogP contribution in [-0.4, -0.2) is 42.4 Å². The van der Waals surface area contributed by atoms with Gasteiger partial charge in [-0.3, -0.25) is 9.59 Å². The molecule has 8 heteroatoms. The van der Waals surface area contributed by atoms with Gasteiger partial charge >= 0.3 is 5.97 Å². The number of carbonyl (C=O) groups excluding carboxylic acids is 3.